The zero-order valence-corrected chi connectivity index (χ0v) is 7.95. The van der Waals surface area contributed by atoms with Crippen molar-refractivity contribution in [2.45, 2.75) is 26.4 Å². The van der Waals surface area contributed by atoms with Crippen LogP contribution < -0.4 is 0 Å². The van der Waals surface area contributed by atoms with Crippen LogP contribution >= 0.6 is 0 Å². The van der Waals surface area contributed by atoms with E-state index in [0.29, 0.717) is 6.10 Å². The first-order chi connectivity index (χ1) is 6.25. The first kappa shape index (κ1) is 8.30. The van der Waals surface area contributed by atoms with Crippen LogP contribution in [0.5, 0.6) is 0 Å². The van der Waals surface area contributed by atoms with Crippen molar-refractivity contribution in [3.05, 3.63) is 35.7 Å². The van der Waals surface area contributed by atoms with Crippen LogP contribution in [0.1, 0.15) is 24.7 Å². The molecule has 68 valence electrons. The van der Waals surface area contributed by atoms with Gasteiger partial charge in [0.25, 0.3) is 0 Å². The molecule has 0 fully saturated rings. The van der Waals surface area contributed by atoms with Gasteiger partial charge in [0.15, 0.2) is 0 Å². The summed E-state index contributed by atoms with van der Waals surface area (Å²) >= 11 is 0. The summed E-state index contributed by atoms with van der Waals surface area (Å²) < 4.78 is 5.60. The molecule has 1 aromatic heterocycles. The molecular weight excluding hydrogens is 162 g/mol. The van der Waals surface area contributed by atoms with Gasteiger partial charge in [-0.15, -0.1) is 0 Å². The van der Waals surface area contributed by atoms with Crippen molar-refractivity contribution in [2.75, 3.05) is 0 Å². The summed E-state index contributed by atoms with van der Waals surface area (Å²) in [6.45, 7) is 4.06. The summed E-state index contributed by atoms with van der Waals surface area (Å²) in [6.07, 6.45) is 3.40. The van der Waals surface area contributed by atoms with E-state index in [-0.39, 0.29) is 0 Å². The predicted molar refractivity (Wildman–Crippen MR) is 52.1 cm³/mol. The maximum atomic E-state index is 5.60. The Bertz CT molecular complexity index is 344. The molecule has 1 aliphatic rings. The largest absolute Gasteiger partial charge is 0.488 e. The lowest BCUT2D eigenvalue weighted by Crippen LogP contribution is -1.99. The summed E-state index contributed by atoms with van der Waals surface area (Å²) in [7, 11) is 0. The molecule has 0 N–H and O–H groups in total. The number of nitrogens with zero attached hydrogens (tertiary/aromatic N) is 1. The van der Waals surface area contributed by atoms with Gasteiger partial charge in [0.2, 0.25) is 0 Å². The van der Waals surface area contributed by atoms with Gasteiger partial charge in [-0.3, -0.25) is 0 Å². The molecule has 1 aromatic rings. The maximum absolute atomic E-state index is 5.60. The lowest BCUT2D eigenvalue weighted by atomic mass is 10.2. The van der Waals surface area contributed by atoms with E-state index >= 15 is 0 Å². The molecule has 1 aliphatic heterocycles. The second kappa shape index (κ2) is 3.21. The van der Waals surface area contributed by atoms with E-state index in [2.05, 4.69) is 18.0 Å². The highest BCUT2D eigenvalue weighted by Crippen LogP contribution is 2.24. The Kier molecular flexibility index (Phi) is 2.05. The van der Waals surface area contributed by atoms with Crippen molar-refractivity contribution in [1.82, 2.24) is 4.98 Å². The van der Waals surface area contributed by atoms with Crippen molar-refractivity contribution in [1.29, 1.82) is 0 Å². The third-order valence-electron chi connectivity index (χ3n) is 2.10. The molecule has 0 unspecified atom stereocenters. The minimum atomic E-state index is 0.303. The molecule has 0 saturated carbocycles. The Morgan fingerprint density at radius 1 is 1.46 bits per heavy atom. The fourth-order valence-corrected chi connectivity index (χ4v) is 1.43. The normalized spacial score (nSPS) is 21.1. The first-order valence-electron chi connectivity index (χ1n) is 4.56. The Morgan fingerprint density at radius 2 is 2.31 bits per heavy atom. The van der Waals surface area contributed by atoms with Crippen molar-refractivity contribution >= 4 is 5.76 Å². The van der Waals surface area contributed by atoms with Crippen LogP contribution in [0.15, 0.2) is 24.3 Å². The molecule has 0 radical (unpaired) electrons. The molecule has 0 spiro atoms. The monoisotopic (exact) mass is 175 g/mol. The van der Waals surface area contributed by atoms with E-state index in [1.807, 2.05) is 25.1 Å². The van der Waals surface area contributed by atoms with Crippen molar-refractivity contribution in [3.8, 4) is 0 Å². The Morgan fingerprint density at radius 3 is 2.92 bits per heavy atom. The van der Waals surface area contributed by atoms with E-state index < -0.39 is 0 Å². The SMILES string of the molecule is Cc1cccc(C2=CC[C@H](C)O2)n1. The van der Waals surface area contributed by atoms with Crippen LogP contribution in [-0.4, -0.2) is 11.1 Å². The smallest absolute Gasteiger partial charge is 0.141 e. The fraction of sp³-hybridized carbons (Fsp3) is 0.364. The molecule has 0 bridgehead atoms. The summed E-state index contributed by atoms with van der Waals surface area (Å²) in [5.74, 6) is 0.927. The molecule has 0 aromatic carbocycles. The number of hydrogen-bond acceptors (Lipinski definition) is 2. The maximum Gasteiger partial charge on any atom is 0.141 e. The third-order valence-corrected chi connectivity index (χ3v) is 2.10. The van der Waals surface area contributed by atoms with Crippen LogP contribution in [0.25, 0.3) is 5.76 Å². The van der Waals surface area contributed by atoms with Crippen molar-refractivity contribution in [2.24, 2.45) is 0 Å². The summed E-state index contributed by atoms with van der Waals surface area (Å²) in [5, 5.41) is 0. The van der Waals surface area contributed by atoms with Crippen molar-refractivity contribution < 1.29 is 4.74 Å². The van der Waals surface area contributed by atoms with Gasteiger partial charge in [0.05, 0.1) is 6.10 Å². The molecule has 2 heterocycles. The molecule has 0 amide bonds. The molecule has 2 heteroatoms. The zero-order chi connectivity index (χ0) is 9.26. The number of rotatable bonds is 1. The van der Waals surface area contributed by atoms with Crippen LogP contribution in [0, 0.1) is 6.92 Å². The molecule has 13 heavy (non-hydrogen) atoms. The Hall–Kier alpha value is -1.31. The number of aromatic nitrogens is 1. The van der Waals surface area contributed by atoms with Crippen molar-refractivity contribution in [3.63, 3.8) is 0 Å². The molecule has 1 atom stereocenters. The average Bonchev–Trinajstić information content (AvgIpc) is 2.52. The van der Waals surface area contributed by atoms with E-state index in [4.69, 9.17) is 4.74 Å². The average molecular weight is 175 g/mol. The summed E-state index contributed by atoms with van der Waals surface area (Å²) in [6, 6.07) is 5.98. The molecule has 0 saturated heterocycles. The zero-order valence-electron chi connectivity index (χ0n) is 7.95. The molecular formula is C11H13NO. The number of ether oxygens (including phenoxy) is 1. The van der Waals surface area contributed by atoms with E-state index in [1.54, 1.807) is 0 Å². The number of hydrogen-bond donors (Lipinski definition) is 0. The topological polar surface area (TPSA) is 22.1 Å². The van der Waals surface area contributed by atoms with E-state index in [1.165, 1.54) is 0 Å². The van der Waals surface area contributed by atoms with Gasteiger partial charge in [-0.1, -0.05) is 6.07 Å². The fourth-order valence-electron chi connectivity index (χ4n) is 1.43. The van der Waals surface area contributed by atoms with Gasteiger partial charge in [-0.25, -0.2) is 4.98 Å². The highest BCUT2D eigenvalue weighted by molar-refractivity contribution is 5.58. The van der Waals surface area contributed by atoms with Crippen LogP contribution in [0.2, 0.25) is 0 Å². The van der Waals surface area contributed by atoms with E-state index in [0.717, 1.165) is 23.6 Å². The highest BCUT2D eigenvalue weighted by atomic mass is 16.5. The van der Waals surface area contributed by atoms with E-state index in [9.17, 15) is 0 Å². The molecule has 2 rings (SSSR count). The minimum Gasteiger partial charge on any atom is -0.488 e. The first-order valence-corrected chi connectivity index (χ1v) is 4.56. The van der Waals surface area contributed by atoms with Gasteiger partial charge in [0.1, 0.15) is 11.5 Å². The van der Waals surface area contributed by atoms with Gasteiger partial charge >= 0.3 is 0 Å². The van der Waals surface area contributed by atoms with Gasteiger partial charge in [-0.2, -0.15) is 0 Å². The van der Waals surface area contributed by atoms with Crippen LogP contribution in [-0.2, 0) is 4.74 Å². The summed E-state index contributed by atoms with van der Waals surface area (Å²) in [5.41, 5.74) is 1.98. The van der Waals surface area contributed by atoms with Gasteiger partial charge < -0.3 is 4.74 Å². The lowest BCUT2D eigenvalue weighted by Gasteiger charge is -2.07. The Balaban J connectivity index is 2.26. The predicted octanol–water partition coefficient (Wildman–Crippen LogP) is 2.54. The van der Waals surface area contributed by atoms with Gasteiger partial charge in [-0.05, 0) is 32.1 Å². The van der Waals surface area contributed by atoms with Gasteiger partial charge in [0, 0.05) is 12.1 Å². The number of aryl methyl sites for hydroxylation is 1. The van der Waals surface area contributed by atoms with Crippen LogP contribution in [0.3, 0.4) is 0 Å². The number of pyridine rings is 1. The summed E-state index contributed by atoms with van der Waals surface area (Å²) in [4.78, 5) is 4.40. The van der Waals surface area contributed by atoms with Crippen LogP contribution in [0.4, 0.5) is 0 Å². The molecule has 2 nitrogen and oxygen atoms in total. The molecule has 0 aliphatic carbocycles. The second-order valence-corrected chi connectivity index (χ2v) is 3.40. The quantitative estimate of drug-likeness (QED) is 0.654. The third kappa shape index (κ3) is 1.72. The lowest BCUT2D eigenvalue weighted by molar-refractivity contribution is 0.209. The highest BCUT2D eigenvalue weighted by Gasteiger charge is 2.15. The minimum absolute atomic E-state index is 0.303. The second-order valence-electron chi connectivity index (χ2n) is 3.40. The Labute approximate surface area is 78.3 Å². The standard InChI is InChI=1S/C11H13NO/c1-8-4-3-5-10(12-8)11-7-6-9(2)13-11/h3-5,7,9H,6H2,1-2H3/t9-/m0/s1.